The van der Waals surface area contributed by atoms with Gasteiger partial charge in [-0.05, 0) is 37.4 Å². The predicted molar refractivity (Wildman–Crippen MR) is 102 cm³/mol. The molecule has 0 atom stereocenters. The molecule has 1 saturated heterocycles. The van der Waals surface area contributed by atoms with Gasteiger partial charge in [0.1, 0.15) is 12.1 Å². The molecule has 7 nitrogen and oxygen atoms in total. The van der Waals surface area contributed by atoms with Gasteiger partial charge in [-0.3, -0.25) is 14.5 Å². The summed E-state index contributed by atoms with van der Waals surface area (Å²) in [5, 5.41) is 0.459. The van der Waals surface area contributed by atoms with E-state index in [0.29, 0.717) is 35.1 Å². The van der Waals surface area contributed by atoms with Gasteiger partial charge in [0, 0.05) is 37.4 Å². The van der Waals surface area contributed by atoms with Gasteiger partial charge in [-0.15, -0.1) is 0 Å². The number of aromatic nitrogens is 1. The molecule has 0 aliphatic carbocycles. The van der Waals surface area contributed by atoms with Crippen LogP contribution in [0.4, 0.5) is 5.69 Å². The fraction of sp³-hybridized carbons (Fsp3) is 0.316. The molecule has 1 aromatic carbocycles. The van der Waals surface area contributed by atoms with Crippen molar-refractivity contribution in [3.63, 3.8) is 0 Å². The van der Waals surface area contributed by atoms with Crippen molar-refractivity contribution in [1.29, 1.82) is 0 Å². The summed E-state index contributed by atoms with van der Waals surface area (Å²) in [7, 11) is 2.03. The zero-order valence-electron chi connectivity index (χ0n) is 14.9. The Morgan fingerprint density at radius 3 is 2.78 bits per heavy atom. The summed E-state index contributed by atoms with van der Waals surface area (Å²) >= 11 is 6.15. The van der Waals surface area contributed by atoms with E-state index in [1.54, 1.807) is 41.4 Å². The van der Waals surface area contributed by atoms with Crippen LogP contribution in [0.2, 0.25) is 5.02 Å². The summed E-state index contributed by atoms with van der Waals surface area (Å²) in [4.78, 5) is 35.6. The number of halogens is 1. The van der Waals surface area contributed by atoms with Crippen LogP contribution >= 0.6 is 11.6 Å². The van der Waals surface area contributed by atoms with E-state index in [-0.39, 0.29) is 24.2 Å². The van der Waals surface area contributed by atoms with Gasteiger partial charge in [-0.2, -0.15) is 0 Å². The highest BCUT2D eigenvalue weighted by Crippen LogP contribution is 2.39. The number of piperazine rings is 1. The van der Waals surface area contributed by atoms with Gasteiger partial charge < -0.3 is 14.5 Å². The zero-order chi connectivity index (χ0) is 19.0. The molecule has 0 radical (unpaired) electrons. The summed E-state index contributed by atoms with van der Waals surface area (Å²) in [6.07, 6.45) is 1.56. The third kappa shape index (κ3) is 3.48. The van der Waals surface area contributed by atoms with Crippen LogP contribution in [-0.2, 0) is 4.79 Å². The second-order valence-corrected chi connectivity index (χ2v) is 7.08. The van der Waals surface area contributed by atoms with Crippen LogP contribution in [-0.4, -0.2) is 66.4 Å². The summed E-state index contributed by atoms with van der Waals surface area (Å²) in [5.41, 5.74) is 0.781. The second kappa shape index (κ2) is 7.17. The van der Waals surface area contributed by atoms with E-state index in [1.807, 2.05) is 7.05 Å². The van der Waals surface area contributed by atoms with Gasteiger partial charge in [-0.25, -0.2) is 4.98 Å². The molecule has 27 heavy (non-hydrogen) atoms. The number of benzene rings is 1. The van der Waals surface area contributed by atoms with Gasteiger partial charge >= 0.3 is 0 Å². The topological polar surface area (TPSA) is 66.0 Å². The minimum atomic E-state index is -0.332. The van der Waals surface area contributed by atoms with E-state index < -0.39 is 0 Å². The Balaban J connectivity index is 1.68. The van der Waals surface area contributed by atoms with Crippen LogP contribution in [0.25, 0.3) is 0 Å². The lowest BCUT2D eigenvalue weighted by Gasteiger charge is -2.34. The Hall–Kier alpha value is -2.64. The Morgan fingerprint density at radius 2 is 2.00 bits per heavy atom. The van der Waals surface area contributed by atoms with Crippen LogP contribution in [0.1, 0.15) is 10.4 Å². The zero-order valence-corrected chi connectivity index (χ0v) is 15.6. The van der Waals surface area contributed by atoms with Crippen molar-refractivity contribution < 1.29 is 14.3 Å². The highest BCUT2D eigenvalue weighted by molar-refractivity contribution is 6.31. The average Bonchev–Trinajstić information content (AvgIpc) is 2.78. The molecule has 0 bridgehead atoms. The van der Waals surface area contributed by atoms with Crippen molar-refractivity contribution in [3.8, 4) is 11.6 Å². The SMILES string of the molecule is CN1CCN(C(=O)CN2C(=O)c3cccnc3Oc3ccc(Cl)cc32)CC1. The molecule has 2 aromatic rings. The minimum Gasteiger partial charge on any atom is -0.436 e. The maximum Gasteiger partial charge on any atom is 0.264 e. The molecule has 2 amide bonds. The van der Waals surface area contributed by atoms with Crippen LogP contribution in [0.5, 0.6) is 11.6 Å². The van der Waals surface area contributed by atoms with E-state index in [2.05, 4.69) is 9.88 Å². The third-order valence-corrected chi connectivity index (χ3v) is 5.05. The first-order valence-electron chi connectivity index (χ1n) is 8.73. The van der Waals surface area contributed by atoms with Gasteiger partial charge in [0.05, 0.1) is 5.69 Å². The monoisotopic (exact) mass is 386 g/mol. The number of pyridine rings is 1. The molecular formula is C19H19ClN4O3. The summed E-state index contributed by atoms with van der Waals surface area (Å²) < 4.78 is 5.84. The fourth-order valence-corrected chi connectivity index (χ4v) is 3.40. The van der Waals surface area contributed by atoms with E-state index in [0.717, 1.165) is 13.1 Å². The quantitative estimate of drug-likeness (QED) is 0.792. The molecule has 0 saturated carbocycles. The van der Waals surface area contributed by atoms with Crippen LogP contribution in [0.3, 0.4) is 0 Å². The number of carbonyl (C=O) groups excluding carboxylic acids is 2. The third-order valence-electron chi connectivity index (χ3n) is 4.81. The highest BCUT2D eigenvalue weighted by Gasteiger charge is 2.32. The number of carbonyl (C=O) groups is 2. The number of fused-ring (bicyclic) bond motifs is 2. The second-order valence-electron chi connectivity index (χ2n) is 6.65. The normalized spacial score (nSPS) is 17.0. The summed E-state index contributed by atoms with van der Waals surface area (Å²) in [6, 6.07) is 8.31. The first-order valence-corrected chi connectivity index (χ1v) is 9.11. The molecule has 8 heteroatoms. The number of ether oxygens (including phenoxy) is 1. The van der Waals surface area contributed by atoms with E-state index in [4.69, 9.17) is 16.3 Å². The molecule has 0 unspecified atom stereocenters. The maximum absolute atomic E-state index is 13.2. The highest BCUT2D eigenvalue weighted by atomic mass is 35.5. The van der Waals surface area contributed by atoms with Crippen molar-refractivity contribution in [1.82, 2.24) is 14.8 Å². The Labute approximate surface area is 162 Å². The Bertz CT molecular complexity index is 896. The first kappa shape index (κ1) is 17.8. The molecule has 4 rings (SSSR count). The van der Waals surface area contributed by atoms with Gasteiger partial charge in [-0.1, -0.05) is 11.6 Å². The Kier molecular flexibility index (Phi) is 4.72. The molecule has 0 N–H and O–H groups in total. The van der Waals surface area contributed by atoms with Crippen LogP contribution in [0, 0.1) is 0 Å². The lowest BCUT2D eigenvalue weighted by Crippen LogP contribution is -2.50. The van der Waals surface area contributed by atoms with Gasteiger partial charge in [0.25, 0.3) is 5.91 Å². The number of amides is 2. The van der Waals surface area contributed by atoms with Crippen molar-refractivity contribution in [2.45, 2.75) is 0 Å². The molecule has 2 aliphatic rings. The van der Waals surface area contributed by atoms with Crippen molar-refractivity contribution >= 4 is 29.1 Å². The number of rotatable bonds is 2. The molecule has 3 heterocycles. The number of anilines is 1. The fourth-order valence-electron chi connectivity index (χ4n) is 3.23. The van der Waals surface area contributed by atoms with E-state index in [1.165, 1.54) is 4.90 Å². The number of likely N-dealkylation sites (N-methyl/N-ethyl adjacent to an activating group) is 1. The largest absolute Gasteiger partial charge is 0.436 e. The minimum absolute atomic E-state index is 0.0758. The lowest BCUT2D eigenvalue weighted by molar-refractivity contribution is -0.131. The number of nitrogens with zero attached hydrogens (tertiary/aromatic N) is 4. The Morgan fingerprint density at radius 1 is 1.22 bits per heavy atom. The van der Waals surface area contributed by atoms with Crippen molar-refractivity contribution in [3.05, 3.63) is 47.1 Å². The molecule has 140 valence electrons. The predicted octanol–water partition coefficient (Wildman–Crippen LogP) is 2.26. The van der Waals surface area contributed by atoms with Gasteiger partial charge in [0.2, 0.25) is 11.8 Å². The maximum atomic E-state index is 13.2. The average molecular weight is 387 g/mol. The summed E-state index contributed by atoms with van der Waals surface area (Å²) in [6.45, 7) is 2.85. The van der Waals surface area contributed by atoms with Crippen LogP contribution in [0.15, 0.2) is 36.5 Å². The number of hydrogen-bond donors (Lipinski definition) is 0. The molecule has 0 spiro atoms. The van der Waals surface area contributed by atoms with Crippen LogP contribution < -0.4 is 9.64 Å². The summed E-state index contributed by atoms with van der Waals surface area (Å²) in [5.74, 6) is 0.230. The van der Waals surface area contributed by atoms with Crippen molar-refractivity contribution in [2.24, 2.45) is 0 Å². The first-order chi connectivity index (χ1) is 13.0. The smallest absolute Gasteiger partial charge is 0.264 e. The molecular weight excluding hydrogens is 368 g/mol. The van der Waals surface area contributed by atoms with E-state index >= 15 is 0 Å². The lowest BCUT2D eigenvalue weighted by atomic mass is 10.2. The van der Waals surface area contributed by atoms with E-state index in [9.17, 15) is 9.59 Å². The number of hydrogen-bond acceptors (Lipinski definition) is 5. The molecule has 1 fully saturated rings. The molecule has 1 aromatic heterocycles. The van der Waals surface area contributed by atoms with Gasteiger partial charge in [0.15, 0.2) is 5.75 Å². The molecule has 2 aliphatic heterocycles. The van der Waals surface area contributed by atoms with Crippen molar-refractivity contribution in [2.75, 3.05) is 44.7 Å². The standard InChI is InChI=1S/C19H19ClN4O3/c1-22-7-9-23(10-8-22)17(25)12-24-15-11-13(20)4-5-16(15)27-18-14(19(24)26)3-2-6-21-18/h2-6,11H,7-10,12H2,1H3.